The molecule has 0 N–H and O–H groups in total. The Morgan fingerprint density at radius 3 is 2.18 bits per heavy atom. The number of benzene rings is 1. The number of ketones is 1. The zero-order chi connectivity index (χ0) is 12.5. The van der Waals surface area contributed by atoms with Crippen molar-refractivity contribution >= 4 is 5.78 Å². The van der Waals surface area contributed by atoms with E-state index >= 15 is 0 Å². The summed E-state index contributed by atoms with van der Waals surface area (Å²) in [5.74, 6) is 0.415. The number of Topliss-reactive ketones (excluding diaryl/α,β-unsaturated/α-hetero) is 1. The van der Waals surface area contributed by atoms with E-state index in [1.54, 1.807) is 0 Å². The van der Waals surface area contributed by atoms with Gasteiger partial charge >= 0.3 is 0 Å². The van der Waals surface area contributed by atoms with Crippen LogP contribution in [-0.4, -0.2) is 5.78 Å². The van der Waals surface area contributed by atoms with Crippen molar-refractivity contribution < 1.29 is 4.79 Å². The Hall–Kier alpha value is -1.11. The Bertz CT molecular complexity index is 324. The lowest BCUT2D eigenvalue weighted by Gasteiger charge is -2.03. The molecule has 0 aliphatic heterocycles. The molecule has 0 aromatic heterocycles. The Balaban J connectivity index is 2.27. The lowest BCUT2D eigenvalue weighted by molar-refractivity contribution is -0.119. The maximum Gasteiger partial charge on any atom is 0.133 e. The zero-order valence-corrected chi connectivity index (χ0v) is 11.2. The van der Waals surface area contributed by atoms with Crippen molar-refractivity contribution in [1.29, 1.82) is 0 Å². The normalized spacial score (nSPS) is 10.5. The maximum absolute atomic E-state index is 11.6. The lowest BCUT2D eigenvalue weighted by Crippen LogP contribution is -2.00. The van der Waals surface area contributed by atoms with Crippen LogP contribution < -0.4 is 0 Å². The van der Waals surface area contributed by atoms with Crippen LogP contribution >= 0.6 is 0 Å². The fourth-order valence-electron chi connectivity index (χ4n) is 1.92. The molecule has 1 heteroatoms. The second-order valence-electron chi connectivity index (χ2n) is 4.67. The standard InChI is InChI=1S/C16H24O/c1-3-5-6-7-16(17)13-12-15-10-8-14(4-2)9-11-15/h8-11H,3-7,12-13H2,1-2H3. The molecule has 1 rings (SSSR count). The molecule has 0 amide bonds. The molecule has 0 saturated heterocycles. The van der Waals surface area contributed by atoms with Crippen molar-refractivity contribution in [3.05, 3.63) is 35.4 Å². The van der Waals surface area contributed by atoms with E-state index < -0.39 is 0 Å². The number of carbonyl (C=O) groups is 1. The third-order valence-corrected chi connectivity index (χ3v) is 3.18. The van der Waals surface area contributed by atoms with E-state index in [2.05, 4.69) is 38.1 Å². The largest absolute Gasteiger partial charge is 0.300 e. The topological polar surface area (TPSA) is 17.1 Å². The van der Waals surface area contributed by atoms with Crippen LogP contribution in [0.25, 0.3) is 0 Å². The zero-order valence-electron chi connectivity index (χ0n) is 11.2. The minimum Gasteiger partial charge on any atom is -0.300 e. The summed E-state index contributed by atoms with van der Waals surface area (Å²) in [6.45, 7) is 4.33. The molecule has 0 unspecified atom stereocenters. The third-order valence-electron chi connectivity index (χ3n) is 3.18. The molecular weight excluding hydrogens is 208 g/mol. The van der Waals surface area contributed by atoms with Crippen molar-refractivity contribution in [2.75, 3.05) is 0 Å². The monoisotopic (exact) mass is 232 g/mol. The van der Waals surface area contributed by atoms with Crippen LogP contribution in [0.4, 0.5) is 0 Å². The van der Waals surface area contributed by atoms with Gasteiger partial charge in [0.25, 0.3) is 0 Å². The van der Waals surface area contributed by atoms with Gasteiger partial charge in [-0.2, -0.15) is 0 Å². The average Bonchev–Trinajstić information content (AvgIpc) is 2.37. The van der Waals surface area contributed by atoms with E-state index in [0.29, 0.717) is 12.2 Å². The van der Waals surface area contributed by atoms with Gasteiger partial charge in [0.15, 0.2) is 0 Å². The molecule has 0 aliphatic rings. The van der Waals surface area contributed by atoms with Crippen LogP contribution in [0.15, 0.2) is 24.3 Å². The van der Waals surface area contributed by atoms with Gasteiger partial charge in [-0.1, -0.05) is 51.0 Å². The molecule has 0 radical (unpaired) electrons. The number of carbonyl (C=O) groups excluding carboxylic acids is 1. The molecule has 0 heterocycles. The Kier molecular flexibility index (Phi) is 6.61. The lowest BCUT2D eigenvalue weighted by atomic mass is 10.0. The van der Waals surface area contributed by atoms with Gasteiger partial charge in [-0.05, 0) is 30.4 Å². The molecule has 0 saturated carbocycles. The SMILES string of the molecule is CCCCCC(=O)CCc1ccc(CC)cc1. The smallest absolute Gasteiger partial charge is 0.133 e. The van der Waals surface area contributed by atoms with E-state index in [-0.39, 0.29) is 0 Å². The number of hydrogen-bond donors (Lipinski definition) is 0. The summed E-state index contributed by atoms with van der Waals surface area (Å²) in [7, 11) is 0. The quantitative estimate of drug-likeness (QED) is 0.610. The summed E-state index contributed by atoms with van der Waals surface area (Å²) in [5, 5.41) is 0. The summed E-state index contributed by atoms with van der Waals surface area (Å²) in [6, 6.07) is 8.63. The third kappa shape index (κ3) is 5.67. The summed E-state index contributed by atoms with van der Waals surface area (Å²) in [6.07, 6.45) is 6.87. The summed E-state index contributed by atoms with van der Waals surface area (Å²) < 4.78 is 0. The Morgan fingerprint density at radius 1 is 0.941 bits per heavy atom. The number of hydrogen-bond acceptors (Lipinski definition) is 1. The minimum absolute atomic E-state index is 0.415. The predicted octanol–water partition coefficient (Wildman–Crippen LogP) is 4.33. The van der Waals surface area contributed by atoms with Crippen LogP contribution in [0.3, 0.4) is 0 Å². The fraction of sp³-hybridized carbons (Fsp3) is 0.562. The van der Waals surface area contributed by atoms with E-state index in [9.17, 15) is 4.79 Å². The average molecular weight is 232 g/mol. The van der Waals surface area contributed by atoms with Gasteiger partial charge in [0.1, 0.15) is 5.78 Å². The Labute approximate surface area is 105 Å². The van der Waals surface area contributed by atoms with Gasteiger partial charge in [0.2, 0.25) is 0 Å². The second kappa shape index (κ2) is 8.05. The highest BCUT2D eigenvalue weighted by atomic mass is 16.1. The van der Waals surface area contributed by atoms with E-state index in [4.69, 9.17) is 0 Å². The molecule has 17 heavy (non-hydrogen) atoms. The van der Waals surface area contributed by atoms with E-state index in [1.807, 2.05) is 0 Å². The van der Waals surface area contributed by atoms with Crippen molar-refractivity contribution in [1.82, 2.24) is 0 Å². The summed E-state index contributed by atoms with van der Waals surface area (Å²) >= 11 is 0. The van der Waals surface area contributed by atoms with Gasteiger partial charge < -0.3 is 0 Å². The van der Waals surface area contributed by atoms with Crippen LogP contribution in [0, 0.1) is 0 Å². The predicted molar refractivity (Wildman–Crippen MR) is 73.3 cm³/mol. The first-order chi connectivity index (χ1) is 8.26. The molecule has 0 aliphatic carbocycles. The van der Waals surface area contributed by atoms with E-state index in [1.165, 1.54) is 24.0 Å². The number of unbranched alkanes of at least 4 members (excludes halogenated alkanes) is 2. The number of aryl methyl sites for hydroxylation is 2. The molecule has 1 nitrogen and oxygen atoms in total. The van der Waals surface area contributed by atoms with Crippen LogP contribution in [0.1, 0.15) is 57.1 Å². The van der Waals surface area contributed by atoms with Gasteiger partial charge in [0.05, 0.1) is 0 Å². The molecule has 0 atom stereocenters. The van der Waals surface area contributed by atoms with Crippen LogP contribution in [-0.2, 0) is 17.6 Å². The molecule has 0 fully saturated rings. The Morgan fingerprint density at radius 2 is 1.59 bits per heavy atom. The molecule has 1 aromatic carbocycles. The van der Waals surface area contributed by atoms with Crippen molar-refractivity contribution in [3.8, 4) is 0 Å². The van der Waals surface area contributed by atoms with Gasteiger partial charge in [-0.3, -0.25) is 4.79 Å². The van der Waals surface area contributed by atoms with Gasteiger partial charge in [-0.15, -0.1) is 0 Å². The summed E-state index contributed by atoms with van der Waals surface area (Å²) in [5.41, 5.74) is 2.65. The summed E-state index contributed by atoms with van der Waals surface area (Å²) in [4.78, 5) is 11.6. The molecule has 0 spiro atoms. The van der Waals surface area contributed by atoms with E-state index in [0.717, 1.165) is 25.7 Å². The highest BCUT2D eigenvalue weighted by Gasteiger charge is 2.02. The van der Waals surface area contributed by atoms with Crippen LogP contribution in [0.5, 0.6) is 0 Å². The second-order valence-corrected chi connectivity index (χ2v) is 4.67. The highest BCUT2D eigenvalue weighted by Crippen LogP contribution is 2.09. The molecular formula is C16H24O. The molecule has 0 bridgehead atoms. The van der Waals surface area contributed by atoms with Gasteiger partial charge in [-0.25, -0.2) is 0 Å². The van der Waals surface area contributed by atoms with Crippen molar-refractivity contribution in [3.63, 3.8) is 0 Å². The first-order valence-electron chi connectivity index (χ1n) is 6.85. The first-order valence-corrected chi connectivity index (χ1v) is 6.85. The van der Waals surface area contributed by atoms with Gasteiger partial charge in [0, 0.05) is 12.8 Å². The fourth-order valence-corrected chi connectivity index (χ4v) is 1.92. The first kappa shape index (κ1) is 14.0. The number of rotatable bonds is 8. The van der Waals surface area contributed by atoms with Crippen molar-refractivity contribution in [2.45, 2.75) is 58.8 Å². The minimum atomic E-state index is 0.415. The molecule has 94 valence electrons. The maximum atomic E-state index is 11.6. The molecule has 1 aromatic rings. The highest BCUT2D eigenvalue weighted by molar-refractivity contribution is 5.78. The van der Waals surface area contributed by atoms with Crippen molar-refractivity contribution in [2.24, 2.45) is 0 Å². The van der Waals surface area contributed by atoms with Crippen LogP contribution in [0.2, 0.25) is 0 Å².